The molecule has 4 heteroatoms. The van der Waals surface area contributed by atoms with Gasteiger partial charge in [-0.25, -0.2) is 9.79 Å². The number of hydrogen-bond acceptors (Lipinski definition) is 4. The molecule has 1 rings (SSSR count). The van der Waals surface area contributed by atoms with Crippen LogP contribution in [-0.4, -0.2) is 17.0 Å². The standard InChI is InChI=1S/C7H7NO3/c1-2-3-6-8-5(4-9)7(10)11-6/h2,4,9H,1,3H2. The van der Waals surface area contributed by atoms with Crippen LogP contribution in [0.25, 0.3) is 0 Å². The van der Waals surface area contributed by atoms with Crippen molar-refractivity contribution in [2.45, 2.75) is 6.42 Å². The zero-order chi connectivity index (χ0) is 8.27. The summed E-state index contributed by atoms with van der Waals surface area (Å²) in [5, 5.41) is 8.43. The Balaban J connectivity index is 2.75. The fraction of sp³-hybridized carbons (Fsp3) is 0.143. The van der Waals surface area contributed by atoms with Crippen LogP contribution < -0.4 is 0 Å². The smallest absolute Gasteiger partial charge is 0.366 e. The quantitative estimate of drug-likeness (QED) is 0.277. The fourth-order valence-electron chi connectivity index (χ4n) is 0.654. The Labute approximate surface area is 63.5 Å². The van der Waals surface area contributed by atoms with Gasteiger partial charge in [0.15, 0.2) is 5.70 Å². The van der Waals surface area contributed by atoms with E-state index in [-0.39, 0.29) is 11.6 Å². The van der Waals surface area contributed by atoms with E-state index in [0.717, 1.165) is 0 Å². The minimum atomic E-state index is -0.621. The van der Waals surface area contributed by atoms with E-state index in [0.29, 0.717) is 12.7 Å². The monoisotopic (exact) mass is 153 g/mol. The van der Waals surface area contributed by atoms with Crippen LogP contribution in [0.5, 0.6) is 0 Å². The average Bonchev–Trinajstić information content (AvgIpc) is 2.32. The van der Waals surface area contributed by atoms with Crippen LogP contribution in [0.3, 0.4) is 0 Å². The average molecular weight is 153 g/mol. The number of nitrogens with zero attached hydrogens (tertiary/aromatic N) is 1. The molecule has 0 aromatic heterocycles. The van der Waals surface area contributed by atoms with Crippen LogP contribution in [0.4, 0.5) is 0 Å². The van der Waals surface area contributed by atoms with Gasteiger partial charge in [0, 0.05) is 6.42 Å². The van der Waals surface area contributed by atoms with E-state index in [1.165, 1.54) is 0 Å². The first-order valence-electron chi connectivity index (χ1n) is 3.03. The lowest BCUT2D eigenvalue weighted by Crippen LogP contribution is -2.02. The Kier molecular flexibility index (Phi) is 2.06. The zero-order valence-corrected chi connectivity index (χ0v) is 5.78. The number of carbonyl (C=O) groups is 1. The van der Waals surface area contributed by atoms with Crippen molar-refractivity contribution in [2.75, 3.05) is 0 Å². The number of aliphatic imine (C=N–C) groups is 1. The van der Waals surface area contributed by atoms with Gasteiger partial charge in [-0.05, 0) is 0 Å². The van der Waals surface area contributed by atoms with Gasteiger partial charge in [-0.1, -0.05) is 6.08 Å². The van der Waals surface area contributed by atoms with E-state index in [9.17, 15) is 4.79 Å². The molecule has 0 saturated carbocycles. The Morgan fingerprint density at radius 1 is 1.73 bits per heavy atom. The van der Waals surface area contributed by atoms with Crippen LogP contribution in [0, 0.1) is 0 Å². The maximum absolute atomic E-state index is 10.7. The molecule has 0 bridgehead atoms. The third kappa shape index (κ3) is 1.46. The number of carbonyl (C=O) groups excluding carboxylic acids is 1. The van der Waals surface area contributed by atoms with Crippen molar-refractivity contribution >= 4 is 11.9 Å². The maximum Gasteiger partial charge on any atom is 0.366 e. The second kappa shape index (κ2) is 3.01. The highest BCUT2D eigenvalue weighted by Gasteiger charge is 2.21. The van der Waals surface area contributed by atoms with Gasteiger partial charge in [-0.2, -0.15) is 0 Å². The van der Waals surface area contributed by atoms with Gasteiger partial charge in [0.2, 0.25) is 5.90 Å². The molecule has 0 amide bonds. The van der Waals surface area contributed by atoms with Crippen LogP contribution >= 0.6 is 0 Å². The van der Waals surface area contributed by atoms with Gasteiger partial charge in [0.05, 0.1) is 0 Å². The molecule has 1 aliphatic heterocycles. The summed E-state index contributed by atoms with van der Waals surface area (Å²) in [6.45, 7) is 3.45. The Morgan fingerprint density at radius 3 is 2.91 bits per heavy atom. The molecular weight excluding hydrogens is 146 g/mol. The molecule has 0 radical (unpaired) electrons. The second-order valence-corrected chi connectivity index (χ2v) is 1.90. The molecule has 1 aliphatic rings. The van der Waals surface area contributed by atoms with Crippen LogP contribution in [0.2, 0.25) is 0 Å². The van der Waals surface area contributed by atoms with E-state index in [1.807, 2.05) is 0 Å². The van der Waals surface area contributed by atoms with Gasteiger partial charge >= 0.3 is 5.97 Å². The number of aliphatic hydroxyl groups excluding tert-OH is 1. The SMILES string of the molecule is C=CCC1=NC(=CO)C(=O)O1. The van der Waals surface area contributed by atoms with Crippen LogP contribution in [-0.2, 0) is 9.53 Å². The highest BCUT2D eigenvalue weighted by atomic mass is 16.6. The number of cyclic esters (lactones) is 1. The molecule has 4 nitrogen and oxygen atoms in total. The highest BCUT2D eigenvalue weighted by molar-refractivity contribution is 6.04. The minimum absolute atomic E-state index is 0.0677. The van der Waals surface area contributed by atoms with Crippen molar-refractivity contribution in [2.24, 2.45) is 4.99 Å². The molecule has 0 fully saturated rings. The Bertz CT molecular complexity index is 252. The third-order valence-corrected chi connectivity index (χ3v) is 1.11. The summed E-state index contributed by atoms with van der Waals surface area (Å²) >= 11 is 0. The van der Waals surface area contributed by atoms with Crippen molar-refractivity contribution in [3.63, 3.8) is 0 Å². The summed E-state index contributed by atoms with van der Waals surface area (Å²) in [7, 11) is 0. The summed E-state index contributed by atoms with van der Waals surface area (Å²) in [5.41, 5.74) is -0.0677. The fourth-order valence-corrected chi connectivity index (χ4v) is 0.654. The molecular formula is C7H7NO3. The molecule has 1 N–H and O–H groups in total. The van der Waals surface area contributed by atoms with Crippen molar-refractivity contribution in [1.82, 2.24) is 0 Å². The normalized spacial score (nSPS) is 19.8. The lowest BCUT2D eigenvalue weighted by atomic mass is 10.4. The van der Waals surface area contributed by atoms with E-state index in [1.54, 1.807) is 6.08 Å². The van der Waals surface area contributed by atoms with E-state index in [4.69, 9.17) is 5.11 Å². The molecule has 1 heterocycles. The molecule has 0 aromatic rings. The molecule has 0 aromatic carbocycles. The molecule has 0 saturated heterocycles. The molecule has 0 atom stereocenters. The molecule has 58 valence electrons. The van der Waals surface area contributed by atoms with Crippen LogP contribution in [0.15, 0.2) is 29.6 Å². The van der Waals surface area contributed by atoms with Crippen LogP contribution in [0.1, 0.15) is 6.42 Å². The Morgan fingerprint density at radius 2 is 2.45 bits per heavy atom. The minimum Gasteiger partial charge on any atom is -0.513 e. The number of aliphatic hydroxyl groups is 1. The van der Waals surface area contributed by atoms with Crippen molar-refractivity contribution in [3.05, 3.63) is 24.6 Å². The second-order valence-electron chi connectivity index (χ2n) is 1.90. The molecule has 0 spiro atoms. The summed E-state index contributed by atoms with van der Waals surface area (Å²) in [4.78, 5) is 14.4. The first-order chi connectivity index (χ1) is 5.27. The number of rotatable bonds is 2. The van der Waals surface area contributed by atoms with Gasteiger partial charge < -0.3 is 9.84 Å². The zero-order valence-electron chi connectivity index (χ0n) is 5.78. The lowest BCUT2D eigenvalue weighted by Gasteiger charge is -1.90. The topological polar surface area (TPSA) is 58.9 Å². The lowest BCUT2D eigenvalue weighted by molar-refractivity contribution is -0.130. The Hall–Kier alpha value is -1.58. The predicted molar refractivity (Wildman–Crippen MR) is 39.1 cm³/mol. The maximum atomic E-state index is 10.7. The largest absolute Gasteiger partial charge is 0.513 e. The van der Waals surface area contributed by atoms with Crippen molar-refractivity contribution in [3.8, 4) is 0 Å². The molecule has 11 heavy (non-hydrogen) atoms. The first-order valence-corrected chi connectivity index (χ1v) is 3.03. The number of esters is 1. The number of ether oxygens (including phenoxy) is 1. The molecule has 0 unspecified atom stereocenters. The van der Waals surface area contributed by atoms with E-state index < -0.39 is 5.97 Å². The summed E-state index contributed by atoms with van der Waals surface area (Å²) in [5.74, 6) is -0.352. The number of hydrogen-bond donors (Lipinski definition) is 1. The first kappa shape index (κ1) is 7.53. The van der Waals surface area contributed by atoms with Crippen molar-refractivity contribution < 1.29 is 14.6 Å². The molecule has 0 aliphatic carbocycles. The van der Waals surface area contributed by atoms with E-state index in [2.05, 4.69) is 16.3 Å². The summed E-state index contributed by atoms with van der Waals surface area (Å²) in [6.07, 6.45) is 2.58. The third-order valence-electron chi connectivity index (χ3n) is 1.11. The summed E-state index contributed by atoms with van der Waals surface area (Å²) in [6, 6.07) is 0. The van der Waals surface area contributed by atoms with Gasteiger partial charge in [-0.15, -0.1) is 6.58 Å². The van der Waals surface area contributed by atoms with Crippen molar-refractivity contribution in [1.29, 1.82) is 0 Å². The van der Waals surface area contributed by atoms with E-state index >= 15 is 0 Å². The van der Waals surface area contributed by atoms with Gasteiger partial charge in [-0.3, -0.25) is 0 Å². The van der Waals surface area contributed by atoms with Gasteiger partial charge in [0.25, 0.3) is 0 Å². The predicted octanol–water partition coefficient (Wildman–Crippen LogP) is 0.917. The van der Waals surface area contributed by atoms with Gasteiger partial charge in [0.1, 0.15) is 6.26 Å². The summed E-state index contributed by atoms with van der Waals surface area (Å²) < 4.78 is 4.62. The highest BCUT2D eigenvalue weighted by Crippen LogP contribution is 2.11.